The Bertz CT molecular complexity index is 1050. The summed E-state index contributed by atoms with van der Waals surface area (Å²) in [4.78, 5) is 26.5. The van der Waals surface area contributed by atoms with Crippen LogP contribution in [0.5, 0.6) is 0 Å². The zero-order chi connectivity index (χ0) is 22.8. The molecule has 1 fully saturated rings. The maximum Gasteiger partial charge on any atom is 0.276 e. The lowest BCUT2D eigenvalue weighted by Gasteiger charge is -2.30. The molecule has 1 aromatic carbocycles. The van der Waals surface area contributed by atoms with Crippen LogP contribution < -0.4 is 5.32 Å². The Hall–Kier alpha value is -2.72. The minimum atomic E-state index is -3.63. The average Bonchev–Trinajstić information content (AvgIpc) is 3.12. The lowest BCUT2D eigenvalue weighted by atomic mass is 9.96. The predicted octanol–water partition coefficient (Wildman–Crippen LogP) is 2.33. The van der Waals surface area contributed by atoms with Gasteiger partial charge in [0.05, 0.1) is 10.6 Å². The zero-order valence-electron chi connectivity index (χ0n) is 18.3. The number of anilines is 1. The number of carbonyl (C=O) groups excluding carboxylic acids is 2. The summed E-state index contributed by atoms with van der Waals surface area (Å²) in [5, 5.41) is 6.80. The maximum absolute atomic E-state index is 13.0. The van der Waals surface area contributed by atoms with Gasteiger partial charge in [-0.25, -0.2) is 8.42 Å². The van der Waals surface area contributed by atoms with Crippen LogP contribution in [0, 0.1) is 0 Å². The fourth-order valence-corrected chi connectivity index (χ4v) is 5.15. The molecule has 1 aromatic heterocycles. The molecular weight excluding hydrogens is 418 g/mol. The van der Waals surface area contributed by atoms with Crippen LogP contribution in [0.15, 0.2) is 35.4 Å². The van der Waals surface area contributed by atoms with Crippen LogP contribution in [0.4, 0.5) is 5.69 Å². The molecule has 31 heavy (non-hydrogen) atoms. The topological polar surface area (TPSA) is 105 Å². The van der Waals surface area contributed by atoms with Crippen molar-refractivity contribution in [3.8, 4) is 0 Å². The highest BCUT2D eigenvalue weighted by molar-refractivity contribution is 7.89. The van der Waals surface area contributed by atoms with Gasteiger partial charge < -0.3 is 10.2 Å². The Kier molecular flexibility index (Phi) is 6.80. The largest absolute Gasteiger partial charge is 0.343 e. The molecule has 0 atom stereocenters. The number of hydrogen-bond acceptors (Lipinski definition) is 5. The molecule has 0 aliphatic heterocycles. The number of aryl methyl sites for hydroxylation is 1. The van der Waals surface area contributed by atoms with Crippen LogP contribution in [-0.2, 0) is 17.1 Å². The van der Waals surface area contributed by atoms with Gasteiger partial charge in [-0.1, -0.05) is 19.3 Å². The third-order valence-electron chi connectivity index (χ3n) is 5.57. The molecule has 0 saturated heterocycles. The highest BCUT2D eigenvalue weighted by Crippen LogP contribution is 2.26. The molecule has 1 N–H and O–H groups in total. The van der Waals surface area contributed by atoms with Gasteiger partial charge in [0.1, 0.15) is 0 Å². The minimum Gasteiger partial charge on any atom is -0.343 e. The van der Waals surface area contributed by atoms with E-state index in [1.807, 2.05) is 0 Å². The van der Waals surface area contributed by atoms with Crippen LogP contribution in [-0.4, -0.2) is 66.4 Å². The molecule has 1 aliphatic carbocycles. The fraction of sp³-hybridized carbons (Fsp3) is 0.476. The minimum absolute atomic E-state index is 0.0139. The second-order valence-electron chi connectivity index (χ2n) is 8.06. The molecule has 0 bridgehead atoms. The van der Waals surface area contributed by atoms with Gasteiger partial charge in [-0.15, -0.1) is 0 Å². The molecule has 0 unspecified atom stereocenters. The third-order valence-corrected chi connectivity index (χ3v) is 7.49. The third kappa shape index (κ3) is 4.96. The zero-order valence-corrected chi connectivity index (χ0v) is 19.1. The molecule has 3 rings (SSSR count). The van der Waals surface area contributed by atoms with Gasteiger partial charge in [0.2, 0.25) is 10.0 Å². The maximum atomic E-state index is 13.0. The molecule has 1 heterocycles. The van der Waals surface area contributed by atoms with Crippen LogP contribution in [0.2, 0.25) is 0 Å². The summed E-state index contributed by atoms with van der Waals surface area (Å²) >= 11 is 0. The number of hydrogen-bond donors (Lipinski definition) is 1. The normalized spacial score (nSPS) is 15.1. The van der Waals surface area contributed by atoms with Gasteiger partial charge >= 0.3 is 0 Å². The van der Waals surface area contributed by atoms with Crippen molar-refractivity contribution in [2.45, 2.75) is 43.0 Å². The first-order valence-corrected chi connectivity index (χ1v) is 11.7. The number of aromatic nitrogens is 2. The Morgan fingerprint density at radius 3 is 2.26 bits per heavy atom. The van der Waals surface area contributed by atoms with E-state index < -0.39 is 15.9 Å². The number of carbonyl (C=O) groups is 2. The van der Waals surface area contributed by atoms with Gasteiger partial charge in [-0.3, -0.25) is 14.3 Å². The lowest BCUT2D eigenvalue weighted by molar-refractivity contribution is 0.0822. The van der Waals surface area contributed by atoms with E-state index >= 15 is 0 Å². The molecule has 0 radical (unpaired) electrons. The van der Waals surface area contributed by atoms with Crippen molar-refractivity contribution >= 4 is 27.5 Å². The Morgan fingerprint density at radius 2 is 1.68 bits per heavy atom. The monoisotopic (exact) mass is 447 g/mol. The number of nitrogens with one attached hydrogen (secondary N) is 1. The van der Waals surface area contributed by atoms with Crippen molar-refractivity contribution in [2.24, 2.45) is 7.05 Å². The van der Waals surface area contributed by atoms with E-state index in [0.29, 0.717) is 5.69 Å². The van der Waals surface area contributed by atoms with Crippen molar-refractivity contribution in [3.05, 3.63) is 41.7 Å². The summed E-state index contributed by atoms with van der Waals surface area (Å²) in [6.45, 7) is 0. The molecule has 1 saturated carbocycles. The first kappa shape index (κ1) is 23.0. The van der Waals surface area contributed by atoms with E-state index in [1.54, 1.807) is 34.4 Å². The van der Waals surface area contributed by atoms with Gasteiger partial charge in [0, 0.05) is 46.0 Å². The Morgan fingerprint density at radius 1 is 1.06 bits per heavy atom. The highest BCUT2D eigenvalue weighted by Gasteiger charge is 2.29. The Balaban J connectivity index is 1.76. The van der Waals surface area contributed by atoms with Gasteiger partial charge in [-0.2, -0.15) is 9.40 Å². The van der Waals surface area contributed by atoms with Crippen LogP contribution in [0.25, 0.3) is 0 Å². The number of sulfonamides is 1. The highest BCUT2D eigenvalue weighted by atomic mass is 32.2. The summed E-state index contributed by atoms with van der Waals surface area (Å²) in [6, 6.07) is 5.85. The summed E-state index contributed by atoms with van der Waals surface area (Å²) < 4.78 is 28.8. The van der Waals surface area contributed by atoms with Crippen molar-refractivity contribution in [3.63, 3.8) is 0 Å². The SMILES string of the molecule is CN(C)C(=O)c1nn(C)cc1NC(=O)c1ccc(S(=O)(=O)N(C)C2CCCCC2)cc1. The van der Waals surface area contributed by atoms with E-state index in [-0.39, 0.29) is 28.1 Å². The van der Waals surface area contributed by atoms with Crippen molar-refractivity contribution < 1.29 is 18.0 Å². The molecule has 2 aromatic rings. The first-order chi connectivity index (χ1) is 14.6. The number of nitrogens with zero attached hydrogens (tertiary/aromatic N) is 4. The van der Waals surface area contributed by atoms with Crippen molar-refractivity contribution in [1.82, 2.24) is 19.0 Å². The molecule has 168 valence electrons. The second kappa shape index (κ2) is 9.19. The van der Waals surface area contributed by atoms with Crippen molar-refractivity contribution in [2.75, 3.05) is 26.5 Å². The molecule has 9 nitrogen and oxygen atoms in total. The average molecular weight is 448 g/mol. The summed E-state index contributed by atoms with van der Waals surface area (Å²) in [6.07, 6.45) is 6.51. The van der Waals surface area contributed by atoms with Gasteiger partial charge in [-0.05, 0) is 37.1 Å². The lowest BCUT2D eigenvalue weighted by Crippen LogP contribution is -2.38. The number of benzene rings is 1. The number of rotatable bonds is 6. The molecule has 10 heteroatoms. The summed E-state index contributed by atoms with van der Waals surface area (Å²) in [5.41, 5.74) is 0.709. The van der Waals surface area contributed by atoms with E-state index in [1.165, 1.54) is 38.2 Å². The van der Waals surface area contributed by atoms with Crippen molar-refractivity contribution in [1.29, 1.82) is 0 Å². The van der Waals surface area contributed by atoms with E-state index in [2.05, 4.69) is 10.4 Å². The number of amides is 2. The van der Waals surface area contributed by atoms with Crippen LogP contribution in [0.1, 0.15) is 53.0 Å². The summed E-state index contributed by atoms with van der Waals surface area (Å²) in [5.74, 6) is -0.784. The van der Waals surface area contributed by atoms with E-state index in [0.717, 1.165) is 32.1 Å². The molecule has 0 spiro atoms. The predicted molar refractivity (Wildman–Crippen MR) is 117 cm³/mol. The first-order valence-electron chi connectivity index (χ1n) is 10.3. The molecule has 2 amide bonds. The Labute approximate surface area is 183 Å². The van der Waals surface area contributed by atoms with Gasteiger partial charge in [0.15, 0.2) is 5.69 Å². The quantitative estimate of drug-likeness (QED) is 0.732. The van der Waals surface area contributed by atoms with Gasteiger partial charge in [0.25, 0.3) is 11.8 Å². The van der Waals surface area contributed by atoms with Crippen LogP contribution in [0.3, 0.4) is 0 Å². The van der Waals surface area contributed by atoms with E-state index in [9.17, 15) is 18.0 Å². The van der Waals surface area contributed by atoms with E-state index in [4.69, 9.17) is 0 Å². The fourth-order valence-electron chi connectivity index (χ4n) is 3.73. The van der Waals surface area contributed by atoms with Crippen LogP contribution >= 0.6 is 0 Å². The summed E-state index contributed by atoms with van der Waals surface area (Å²) in [7, 11) is 2.86. The molecule has 1 aliphatic rings. The standard InChI is InChI=1S/C21H29N5O4S/c1-24(2)21(28)19-18(14-25(3)23-19)22-20(27)15-10-12-17(13-11-15)31(29,30)26(4)16-8-6-5-7-9-16/h10-14,16H,5-9H2,1-4H3,(H,22,27). The second-order valence-corrected chi connectivity index (χ2v) is 10.1. The molecular formula is C21H29N5O4S. The smallest absolute Gasteiger partial charge is 0.276 e.